The van der Waals surface area contributed by atoms with Gasteiger partial charge in [0.25, 0.3) is 5.91 Å². The Bertz CT molecular complexity index is 1230. The average molecular weight is 433 g/mol. The van der Waals surface area contributed by atoms with Gasteiger partial charge in [0.15, 0.2) is 16.6 Å². The minimum absolute atomic E-state index is 0.133. The lowest BCUT2D eigenvalue weighted by atomic mass is 10.2. The van der Waals surface area contributed by atoms with E-state index in [-0.39, 0.29) is 12.5 Å². The molecule has 0 fully saturated rings. The number of hydrogen-bond acceptors (Lipinski definition) is 7. The topological polar surface area (TPSA) is 73.8 Å². The number of thiazole rings is 1. The van der Waals surface area contributed by atoms with Crippen molar-refractivity contribution in [2.45, 2.75) is 12.6 Å². The molecule has 4 aromatic rings. The maximum atomic E-state index is 13.6. The molecule has 7 nitrogen and oxygen atoms in total. The molecule has 2 aromatic carbocycles. The van der Waals surface area contributed by atoms with E-state index in [4.69, 9.17) is 19.2 Å². The molecular formula is C23H19N3O4S. The zero-order chi connectivity index (χ0) is 21.2. The number of ether oxygens (including phenoxy) is 3. The Morgan fingerprint density at radius 3 is 2.84 bits per heavy atom. The molecule has 0 unspecified atom stereocenters. The molecule has 1 aliphatic rings. The number of benzene rings is 2. The van der Waals surface area contributed by atoms with Gasteiger partial charge < -0.3 is 14.2 Å². The Morgan fingerprint density at radius 1 is 1.16 bits per heavy atom. The Morgan fingerprint density at radius 2 is 2.03 bits per heavy atom. The molecule has 0 bridgehead atoms. The van der Waals surface area contributed by atoms with Crippen LogP contribution in [0, 0.1) is 0 Å². The highest BCUT2D eigenvalue weighted by molar-refractivity contribution is 7.22. The molecule has 1 aliphatic heterocycles. The molecule has 5 rings (SSSR count). The molecule has 2 aromatic heterocycles. The first kappa shape index (κ1) is 19.3. The minimum atomic E-state index is -0.777. The van der Waals surface area contributed by atoms with E-state index in [0.29, 0.717) is 28.9 Å². The number of pyridine rings is 1. The second-order valence-corrected chi connectivity index (χ2v) is 7.96. The summed E-state index contributed by atoms with van der Waals surface area (Å²) < 4.78 is 18.1. The van der Waals surface area contributed by atoms with Gasteiger partial charge in [-0.2, -0.15) is 0 Å². The van der Waals surface area contributed by atoms with Gasteiger partial charge in [-0.25, -0.2) is 4.98 Å². The van der Waals surface area contributed by atoms with Crippen LogP contribution in [-0.2, 0) is 11.3 Å². The fourth-order valence-corrected chi connectivity index (χ4v) is 4.41. The number of para-hydroxylation sites is 3. The van der Waals surface area contributed by atoms with Crippen LogP contribution in [0.25, 0.3) is 10.2 Å². The number of methoxy groups -OCH3 is 1. The summed E-state index contributed by atoms with van der Waals surface area (Å²) in [5.74, 6) is 1.63. The number of amides is 1. The minimum Gasteiger partial charge on any atom is -0.494 e. The van der Waals surface area contributed by atoms with Crippen molar-refractivity contribution in [1.29, 1.82) is 0 Å². The van der Waals surface area contributed by atoms with Crippen LogP contribution >= 0.6 is 11.3 Å². The van der Waals surface area contributed by atoms with E-state index in [1.165, 1.54) is 11.3 Å². The third-order valence-corrected chi connectivity index (χ3v) is 5.98. The quantitative estimate of drug-likeness (QED) is 0.472. The summed E-state index contributed by atoms with van der Waals surface area (Å²) in [6.07, 6.45) is 2.66. The van der Waals surface area contributed by atoms with Crippen LogP contribution in [0.15, 0.2) is 67.0 Å². The van der Waals surface area contributed by atoms with Crippen LogP contribution in [-0.4, -0.2) is 35.7 Å². The molecule has 1 amide bonds. The Kier molecular flexibility index (Phi) is 5.13. The zero-order valence-electron chi connectivity index (χ0n) is 16.7. The Labute approximate surface area is 182 Å². The van der Waals surface area contributed by atoms with Gasteiger partial charge in [0.1, 0.15) is 17.9 Å². The molecule has 0 N–H and O–H groups in total. The van der Waals surface area contributed by atoms with Crippen molar-refractivity contribution in [3.05, 3.63) is 72.6 Å². The van der Waals surface area contributed by atoms with Crippen LogP contribution in [0.4, 0.5) is 5.13 Å². The highest BCUT2D eigenvalue weighted by Gasteiger charge is 2.33. The molecule has 156 valence electrons. The summed E-state index contributed by atoms with van der Waals surface area (Å²) in [4.78, 5) is 24.1. The van der Waals surface area contributed by atoms with E-state index in [0.717, 1.165) is 15.8 Å². The van der Waals surface area contributed by atoms with Crippen molar-refractivity contribution in [3.63, 3.8) is 0 Å². The maximum Gasteiger partial charge on any atom is 0.273 e. The number of aromatic nitrogens is 2. The monoisotopic (exact) mass is 433 g/mol. The predicted molar refractivity (Wildman–Crippen MR) is 118 cm³/mol. The number of fused-ring (bicyclic) bond motifs is 2. The van der Waals surface area contributed by atoms with Gasteiger partial charge in [-0.1, -0.05) is 35.6 Å². The van der Waals surface area contributed by atoms with Crippen LogP contribution in [0.5, 0.6) is 17.2 Å². The molecule has 3 heterocycles. The van der Waals surface area contributed by atoms with Crippen LogP contribution in [0.2, 0.25) is 0 Å². The van der Waals surface area contributed by atoms with Gasteiger partial charge in [-0.3, -0.25) is 14.7 Å². The van der Waals surface area contributed by atoms with Crippen molar-refractivity contribution in [1.82, 2.24) is 9.97 Å². The first-order valence-corrected chi connectivity index (χ1v) is 10.6. The zero-order valence-corrected chi connectivity index (χ0v) is 17.5. The molecule has 1 atom stereocenters. The third kappa shape index (κ3) is 3.77. The van der Waals surface area contributed by atoms with Gasteiger partial charge >= 0.3 is 0 Å². The SMILES string of the molecule is COc1cccc2sc(N(Cc3cccnc3)C(=O)[C@@H]3COc4ccccc4O3)nc12. The van der Waals surface area contributed by atoms with E-state index in [9.17, 15) is 4.79 Å². The number of carbonyl (C=O) groups is 1. The molecule has 0 aliphatic carbocycles. The van der Waals surface area contributed by atoms with Gasteiger partial charge in [-0.15, -0.1) is 0 Å². The Balaban J connectivity index is 1.51. The van der Waals surface area contributed by atoms with Crippen LogP contribution < -0.4 is 19.1 Å². The van der Waals surface area contributed by atoms with Crippen molar-refractivity contribution < 1.29 is 19.0 Å². The normalized spacial score (nSPS) is 14.9. The predicted octanol–water partition coefficient (Wildman–Crippen LogP) is 4.07. The smallest absolute Gasteiger partial charge is 0.273 e. The van der Waals surface area contributed by atoms with E-state index in [1.54, 1.807) is 30.5 Å². The lowest BCUT2D eigenvalue weighted by Gasteiger charge is -2.29. The number of anilines is 1. The van der Waals surface area contributed by atoms with Crippen LogP contribution in [0.3, 0.4) is 0 Å². The third-order valence-electron chi connectivity index (χ3n) is 4.94. The van der Waals surface area contributed by atoms with Crippen molar-refractivity contribution >= 4 is 32.6 Å². The van der Waals surface area contributed by atoms with Crippen LogP contribution in [0.1, 0.15) is 5.56 Å². The Hall–Kier alpha value is -3.65. The van der Waals surface area contributed by atoms with Gasteiger partial charge in [-0.05, 0) is 35.9 Å². The fraction of sp³-hybridized carbons (Fsp3) is 0.174. The molecule has 8 heteroatoms. The van der Waals surface area contributed by atoms with E-state index >= 15 is 0 Å². The van der Waals surface area contributed by atoms with E-state index < -0.39 is 6.10 Å². The van der Waals surface area contributed by atoms with Gasteiger partial charge in [0.2, 0.25) is 6.10 Å². The number of hydrogen-bond donors (Lipinski definition) is 0. The first-order valence-electron chi connectivity index (χ1n) is 9.75. The highest BCUT2D eigenvalue weighted by atomic mass is 32.1. The summed E-state index contributed by atoms with van der Waals surface area (Å²) in [6.45, 7) is 0.448. The largest absolute Gasteiger partial charge is 0.494 e. The molecule has 31 heavy (non-hydrogen) atoms. The fourth-order valence-electron chi connectivity index (χ4n) is 3.42. The second-order valence-electron chi connectivity index (χ2n) is 6.95. The number of carbonyl (C=O) groups excluding carboxylic acids is 1. The average Bonchev–Trinajstić information content (AvgIpc) is 3.26. The molecular weight excluding hydrogens is 414 g/mol. The standard InChI is InChI=1S/C23H19N3O4S/c1-28-18-9-4-10-20-21(18)25-23(31-20)26(13-15-6-5-11-24-12-15)22(27)19-14-29-16-7-2-3-8-17(16)30-19/h2-12,19H,13-14H2,1H3/t19-/m0/s1. The van der Waals surface area contributed by atoms with Crippen molar-refractivity contribution in [2.24, 2.45) is 0 Å². The summed E-state index contributed by atoms with van der Waals surface area (Å²) >= 11 is 1.43. The summed E-state index contributed by atoms with van der Waals surface area (Å²) in [5, 5.41) is 0.566. The second kappa shape index (κ2) is 8.23. The maximum absolute atomic E-state index is 13.6. The van der Waals surface area contributed by atoms with Gasteiger partial charge in [0.05, 0.1) is 18.4 Å². The lowest BCUT2D eigenvalue weighted by Crippen LogP contribution is -2.46. The van der Waals surface area contributed by atoms with E-state index in [2.05, 4.69) is 4.98 Å². The molecule has 0 saturated heterocycles. The molecule has 0 radical (unpaired) electrons. The highest BCUT2D eigenvalue weighted by Crippen LogP contribution is 2.36. The number of rotatable bonds is 5. The summed E-state index contributed by atoms with van der Waals surface area (Å²) in [6, 6.07) is 16.8. The van der Waals surface area contributed by atoms with Crippen molar-refractivity contribution in [2.75, 3.05) is 18.6 Å². The van der Waals surface area contributed by atoms with E-state index in [1.807, 2.05) is 48.5 Å². The lowest BCUT2D eigenvalue weighted by molar-refractivity contribution is -0.127. The summed E-state index contributed by atoms with van der Waals surface area (Å²) in [7, 11) is 1.61. The first-order chi connectivity index (χ1) is 15.2. The molecule has 0 spiro atoms. The summed E-state index contributed by atoms with van der Waals surface area (Å²) in [5.41, 5.74) is 1.61. The molecule has 0 saturated carbocycles. The van der Waals surface area contributed by atoms with Gasteiger partial charge in [0, 0.05) is 12.4 Å². The van der Waals surface area contributed by atoms with Crippen molar-refractivity contribution in [3.8, 4) is 17.2 Å². The number of nitrogens with zero attached hydrogens (tertiary/aromatic N) is 3.